The van der Waals surface area contributed by atoms with Crippen molar-refractivity contribution in [2.24, 2.45) is 0 Å². The van der Waals surface area contributed by atoms with Gasteiger partial charge >= 0.3 is 0 Å². The summed E-state index contributed by atoms with van der Waals surface area (Å²) in [5, 5.41) is 3.35. The monoisotopic (exact) mass is 285 g/mol. The minimum absolute atomic E-state index is 0.968. The van der Waals surface area contributed by atoms with Crippen LogP contribution in [0.5, 0.6) is 0 Å². The summed E-state index contributed by atoms with van der Waals surface area (Å²) in [6.07, 6.45) is 2.40. The summed E-state index contributed by atoms with van der Waals surface area (Å²) >= 11 is 1.95. The average molecular weight is 285 g/mol. The molecule has 0 heterocycles. The molecule has 0 aliphatic heterocycles. The number of thioether (sulfide) groups is 1. The van der Waals surface area contributed by atoms with E-state index in [2.05, 4.69) is 66.8 Å². The Bertz CT molecular complexity index is 479. The van der Waals surface area contributed by atoms with Crippen LogP contribution < -0.4 is 5.32 Å². The number of rotatable bonds is 8. The van der Waals surface area contributed by atoms with E-state index < -0.39 is 0 Å². The number of hydrogen-bond acceptors (Lipinski definition) is 2. The number of hydrogen-bond donors (Lipinski definition) is 1. The van der Waals surface area contributed by atoms with Gasteiger partial charge in [0.25, 0.3) is 0 Å². The highest BCUT2D eigenvalue weighted by Gasteiger charge is 1.97. The zero-order chi connectivity index (χ0) is 14.0. The van der Waals surface area contributed by atoms with Gasteiger partial charge in [0.1, 0.15) is 0 Å². The SMILES string of the molecule is CCNCc1ccc(SCCCc2ccccc2)cc1. The summed E-state index contributed by atoms with van der Waals surface area (Å²) in [5.74, 6) is 1.18. The van der Waals surface area contributed by atoms with Crippen LogP contribution in [0.15, 0.2) is 59.5 Å². The quantitative estimate of drug-likeness (QED) is 0.565. The molecule has 106 valence electrons. The molecule has 2 aromatic carbocycles. The molecule has 20 heavy (non-hydrogen) atoms. The van der Waals surface area contributed by atoms with Gasteiger partial charge in [0.05, 0.1) is 0 Å². The maximum absolute atomic E-state index is 3.35. The lowest BCUT2D eigenvalue weighted by Gasteiger charge is -2.05. The van der Waals surface area contributed by atoms with Crippen molar-refractivity contribution in [2.75, 3.05) is 12.3 Å². The van der Waals surface area contributed by atoms with E-state index in [-0.39, 0.29) is 0 Å². The van der Waals surface area contributed by atoms with Crippen LogP contribution in [-0.4, -0.2) is 12.3 Å². The third-order valence-corrected chi connectivity index (χ3v) is 4.32. The second-order valence-corrected chi connectivity index (χ2v) is 6.03. The third kappa shape index (κ3) is 5.40. The first-order valence-electron chi connectivity index (χ1n) is 7.35. The summed E-state index contributed by atoms with van der Waals surface area (Å²) < 4.78 is 0. The van der Waals surface area contributed by atoms with Crippen molar-refractivity contribution >= 4 is 11.8 Å². The fraction of sp³-hybridized carbons (Fsp3) is 0.333. The van der Waals surface area contributed by atoms with Gasteiger partial charge in [-0.3, -0.25) is 0 Å². The first-order chi connectivity index (χ1) is 9.88. The van der Waals surface area contributed by atoms with Gasteiger partial charge in [0, 0.05) is 11.4 Å². The summed E-state index contributed by atoms with van der Waals surface area (Å²) in [6.45, 7) is 4.13. The molecule has 0 aromatic heterocycles. The molecule has 0 amide bonds. The lowest BCUT2D eigenvalue weighted by molar-refractivity contribution is 0.726. The smallest absolute Gasteiger partial charge is 0.0205 e. The van der Waals surface area contributed by atoms with E-state index in [1.165, 1.54) is 34.6 Å². The van der Waals surface area contributed by atoms with Crippen molar-refractivity contribution in [3.8, 4) is 0 Å². The van der Waals surface area contributed by atoms with Crippen molar-refractivity contribution in [1.82, 2.24) is 5.32 Å². The summed E-state index contributed by atoms with van der Waals surface area (Å²) in [7, 11) is 0. The Kier molecular flexibility index (Phi) is 6.69. The van der Waals surface area contributed by atoms with Gasteiger partial charge in [0.15, 0.2) is 0 Å². The normalized spacial score (nSPS) is 10.7. The topological polar surface area (TPSA) is 12.0 Å². The summed E-state index contributed by atoms with van der Waals surface area (Å²) in [6, 6.07) is 19.6. The Morgan fingerprint density at radius 1 is 0.900 bits per heavy atom. The Labute approximate surface area is 126 Å². The van der Waals surface area contributed by atoms with Crippen LogP contribution in [0.2, 0.25) is 0 Å². The molecule has 0 atom stereocenters. The molecule has 2 rings (SSSR count). The molecule has 0 fully saturated rings. The number of nitrogens with one attached hydrogen (secondary N) is 1. The lowest BCUT2D eigenvalue weighted by atomic mass is 10.1. The molecule has 0 saturated carbocycles. The minimum atomic E-state index is 0.968. The average Bonchev–Trinajstić information content (AvgIpc) is 2.52. The molecule has 1 nitrogen and oxygen atoms in total. The lowest BCUT2D eigenvalue weighted by Crippen LogP contribution is -2.11. The van der Waals surface area contributed by atoms with Crippen LogP contribution in [-0.2, 0) is 13.0 Å². The molecule has 0 radical (unpaired) electrons. The Morgan fingerprint density at radius 2 is 1.65 bits per heavy atom. The fourth-order valence-corrected chi connectivity index (χ4v) is 2.94. The predicted molar refractivity (Wildman–Crippen MR) is 89.3 cm³/mol. The van der Waals surface area contributed by atoms with Crippen LogP contribution in [0.4, 0.5) is 0 Å². The van der Waals surface area contributed by atoms with Gasteiger partial charge in [-0.1, -0.05) is 49.4 Å². The maximum atomic E-state index is 3.35. The van der Waals surface area contributed by atoms with E-state index in [0.717, 1.165) is 13.1 Å². The van der Waals surface area contributed by atoms with Crippen LogP contribution in [0.1, 0.15) is 24.5 Å². The van der Waals surface area contributed by atoms with Crippen molar-refractivity contribution in [2.45, 2.75) is 31.2 Å². The molecule has 2 aromatic rings. The van der Waals surface area contributed by atoms with Gasteiger partial charge in [-0.15, -0.1) is 11.8 Å². The summed E-state index contributed by atoms with van der Waals surface area (Å²) in [5.41, 5.74) is 2.80. The molecule has 2 heteroatoms. The Hall–Kier alpha value is -1.25. The molecule has 0 unspecified atom stereocenters. The second-order valence-electron chi connectivity index (χ2n) is 4.86. The van der Waals surface area contributed by atoms with Gasteiger partial charge < -0.3 is 5.32 Å². The van der Waals surface area contributed by atoms with Crippen LogP contribution >= 0.6 is 11.8 Å². The Morgan fingerprint density at radius 3 is 2.35 bits per heavy atom. The molecular formula is C18H23NS. The van der Waals surface area contributed by atoms with Gasteiger partial charge in [-0.25, -0.2) is 0 Å². The molecule has 0 bridgehead atoms. The van der Waals surface area contributed by atoms with E-state index in [0.29, 0.717) is 0 Å². The molecule has 0 aliphatic carbocycles. The maximum Gasteiger partial charge on any atom is 0.0205 e. The molecule has 0 saturated heterocycles. The second kappa shape index (κ2) is 8.83. The van der Waals surface area contributed by atoms with Gasteiger partial charge in [0.2, 0.25) is 0 Å². The molecule has 0 aliphatic rings. The molecular weight excluding hydrogens is 262 g/mol. The van der Waals surface area contributed by atoms with Crippen molar-refractivity contribution in [3.05, 3.63) is 65.7 Å². The molecule has 1 N–H and O–H groups in total. The van der Waals surface area contributed by atoms with E-state index >= 15 is 0 Å². The van der Waals surface area contributed by atoms with Gasteiger partial charge in [-0.05, 0) is 48.4 Å². The fourth-order valence-electron chi connectivity index (χ4n) is 2.08. The highest BCUT2D eigenvalue weighted by Crippen LogP contribution is 2.20. The number of aryl methyl sites for hydroxylation is 1. The van der Waals surface area contributed by atoms with E-state index in [4.69, 9.17) is 0 Å². The zero-order valence-corrected chi connectivity index (χ0v) is 13.0. The summed E-state index contributed by atoms with van der Waals surface area (Å²) in [4.78, 5) is 1.37. The highest BCUT2D eigenvalue weighted by atomic mass is 32.2. The van der Waals surface area contributed by atoms with Crippen LogP contribution in [0.3, 0.4) is 0 Å². The number of benzene rings is 2. The van der Waals surface area contributed by atoms with Crippen LogP contribution in [0, 0.1) is 0 Å². The van der Waals surface area contributed by atoms with Gasteiger partial charge in [-0.2, -0.15) is 0 Å². The van der Waals surface area contributed by atoms with Crippen molar-refractivity contribution in [3.63, 3.8) is 0 Å². The minimum Gasteiger partial charge on any atom is -0.313 e. The van der Waals surface area contributed by atoms with E-state index in [1.54, 1.807) is 0 Å². The van der Waals surface area contributed by atoms with Crippen molar-refractivity contribution in [1.29, 1.82) is 0 Å². The first-order valence-corrected chi connectivity index (χ1v) is 8.33. The molecule has 0 spiro atoms. The van der Waals surface area contributed by atoms with E-state index in [1.807, 2.05) is 11.8 Å². The Balaban J connectivity index is 1.69. The third-order valence-electron chi connectivity index (χ3n) is 3.22. The predicted octanol–water partition coefficient (Wildman–Crippen LogP) is 4.52. The van der Waals surface area contributed by atoms with E-state index in [9.17, 15) is 0 Å². The van der Waals surface area contributed by atoms with Crippen LogP contribution in [0.25, 0.3) is 0 Å². The first kappa shape index (κ1) is 15.1. The highest BCUT2D eigenvalue weighted by molar-refractivity contribution is 7.99. The standard InChI is InChI=1S/C18H23NS/c1-2-19-15-17-10-12-18(13-11-17)20-14-6-9-16-7-4-3-5-8-16/h3-5,7-8,10-13,19H,2,6,9,14-15H2,1H3. The van der Waals surface area contributed by atoms with Crippen molar-refractivity contribution < 1.29 is 0 Å². The largest absolute Gasteiger partial charge is 0.313 e. The zero-order valence-electron chi connectivity index (χ0n) is 12.1.